The molecule has 4 rings (SSSR count). The van der Waals surface area contributed by atoms with Gasteiger partial charge >= 0.3 is 0 Å². The highest BCUT2D eigenvalue weighted by Crippen LogP contribution is 2.39. The first-order valence-electron chi connectivity index (χ1n) is 9.54. The zero-order chi connectivity index (χ0) is 18.1. The van der Waals surface area contributed by atoms with E-state index in [2.05, 4.69) is 46.3 Å². The molecule has 1 aliphatic heterocycles. The van der Waals surface area contributed by atoms with E-state index >= 15 is 0 Å². The maximum atomic E-state index is 12.8. The molecule has 0 bridgehead atoms. The highest BCUT2D eigenvalue weighted by Gasteiger charge is 2.28. The zero-order valence-electron chi connectivity index (χ0n) is 15.6. The number of carbonyl (C=O) groups excluding carboxylic acids is 1. The molecule has 2 aliphatic rings. The van der Waals surface area contributed by atoms with Crippen molar-refractivity contribution >= 4 is 11.7 Å². The summed E-state index contributed by atoms with van der Waals surface area (Å²) in [4.78, 5) is 17.0. The average molecular weight is 350 g/mol. The second-order valence-corrected chi connectivity index (χ2v) is 7.61. The molecule has 2 heterocycles. The number of nitrogens with zero attached hydrogens (tertiary/aromatic N) is 4. The number of hydrogen-bond donors (Lipinski definition) is 0. The molecule has 0 spiro atoms. The third kappa shape index (κ3) is 3.71. The Balaban J connectivity index is 1.35. The lowest BCUT2D eigenvalue weighted by molar-refractivity contribution is -0.132. The Morgan fingerprint density at radius 2 is 1.85 bits per heavy atom. The number of carbonyl (C=O) groups is 1. The Labute approximate surface area is 155 Å². The molecular weight excluding hydrogens is 324 g/mol. The molecule has 1 aliphatic carbocycles. The van der Waals surface area contributed by atoms with Crippen molar-refractivity contribution < 1.29 is 4.79 Å². The van der Waals surface area contributed by atoms with Gasteiger partial charge in [-0.1, -0.05) is 24.3 Å². The summed E-state index contributed by atoms with van der Waals surface area (Å²) >= 11 is 0. The van der Waals surface area contributed by atoms with Gasteiger partial charge in [0.2, 0.25) is 5.91 Å². The van der Waals surface area contributed by atoms with Gasteiger partial charge in [0.05, 0.1) is 12.1 Å². The first-order valence-corrected chi connectivity index (χ1v) is 9.54. The van der Waals surface area contributed by atoms with Crippen molar-refractivity contribution in [3.8, 4) is 0 Å². The van der Waals surface area contributed by atoms with Gasteiger partial charge < -0.3 is 9.80 Å². The number of piperazine rings is 1. The van der Waals surface area contributed by atoms with Crippen LogP contribution < -0.4 is 4.90 Å². The van der Waals surface area contributed by atoms with Crippen LogP contribution in [0.4, 0.5) is 5.82 Å². The van der Waals surface area contributed by atoms with Crippen LogP contribution in [0, 0.1) is 6.92 Å². The Morgan fingerprint density at radius 1 is 1.08 bits per heavy atom. The van der Waals surface area contributed by atoms with Gasteiger partial charge in [-0.05, 0) is 55.9 Å². The Kier molecular flexibility index (Phi) is 4.62. The van der Waals surface area contributed by atoms with E-state index in [1.807, 2.05) is 24.0 Å². The van der Waals surface area contributed by atoms with Crippen LogP contribution in [0.3, 0.4) is 0 Å². The number of rotatable bonds is 4. The largest absolute Gasteiger partial charge is 0.351 e. The third-order valence-corrected chi connectivity index (χ3v) is 5.44. The van der Waals surface area contributed by atoms with E-state index in [9.17, 15) is 4.79 Å². The summed E-state index contributed by atoms with van der Waals surface area (Å²) in [5.41, 5.74) is 3.45. The van der Waals surface area contributed by atoms with E-state index in [4.69, 9.17) is 0 Å². The number of aryl methyl sites for hydroxylation is 1. The van der Waals surface area contributed by atoms with Crippen LogP contribution in [0.2, 0.25) is 0 Å². The van der Waals surface area contributed by atoms with E-state index < -0.39 is 0 Å². The maximum Gasteiger partial charge on any atom is 0.227 e. The normalized spacial score (nSPS) is 20.3. The second-order valence-electron chi connectivity index (χ2n) is 7.61. The van der Waals surface area contributed by atoms with Crippen LogP contribution in [-0.4, -0.2) is 46.7 Å². The van der Waals surface area contributed by atoms with E-state index in [1.165, 1.54) is 18.4 Å². The number of benzene rings is 1. The molecule has 1 saturated heterocycles. The standard InChI is InChI=1S/C21H26N4O/c1-15-3-10-20(23-22-15)24-11-12-25(16(2)14-24)21(26)13-17-4-6-18(7-5-17)19-8-9-19/h3-7,10,16,19H,8-9,11-14H2,1-2H3/t16-/m1/s1. The number of hydrogen-bond acceptors (Lipinski definition) is 4. The van der Waals surface area contributed by atoms with Crippen LogP contribution in [-0.2, 0) is 11.2 Å². The lowest BCUT2D eigenvalue weighted by Gasteiger charge is -2.40. The molecule has 26 heavy (non-hydrogen) atoms. The predicted molar refractivity (Wildman–Crippen MR) is 102 cm³/mol. The van der Waals surface area contributed by atoms with Crippen molar-refractivity contribution in [2.24, 2.45) is 0 Å². The molecule has 5 nitrogen and oxygen atoms in total. The van der Waals surface area contributed by atoms with Crippen LogP contribution in [0.5, 0.6) is 0 Å². The molecule has 2 aromatic rings. The van der Waals surface area contributed by atoms with Gasteiger partial charge in [0.1, 0.15) is 0 Å². The fourth-order valence-electron chi connectivity index (χ4n) is 3.70. The predicted octanol–water partition coefficient (Wildman–Crippen LogP) is 2.94. The smallest absolute Gasteiger partial charge is 0.227 e. The molecule has 5 heteroatoms. The minimum Gasteiger partial charge on any atom is -0.351 e. The van der Waals surface area contributed by atoms with Gasteiger partial charge in [0, 0.05) is 25.7 Å². The first kappa shape index (κ1) is 17.0. The van der Waals surface area contributed by atoms with Gasteiger partial charge in [-0.15, -0.1) is 5.10 Å². The number of anilines is 1. The molecular formula is C21H26N4O. The van der Waals surface area contributed by atoms with Gasteiger partial charge in [0.15, 0.2) is 5.82 Å². The van der Waals surface area contributed by atoms with E-state index in [1.54, 1.807) is 0 Å². The van der Waals surface area contributed by atoms with Crippen molar-refractivity contribution in [1.29, 1.82) is 0 Å². The summed E-state index contributed by atoms with van der Waals surface area (Å²) < 4.78 is 0. The topological polar surface area (TPSA) is 49.3 Å². The van der Waals surface area contributed by atoms with Crippen molar-refractivity contribution in [3.63, 3.8) is 0 Å². The fraction of sp³-hybridized carbons (Fsp3) is 0.476. The highest BCUT2D eigenvalue weighted by molar-refractivity contribution is 5.79. The lowest BCUT2D eigenvalue weighted by atomic mass is 10.0. The van der Waals surface area contributed by atoms with Crippen molar-refractivity contribution in [3.05, 3.63) is 53.2 Å². The van der Waals surface area contributed by atoms with Crippen molar-refractivity contribution in [2.45, 2.75) is 45.1 Å². The summed E-state index contributed by atoms with van der Waals surface area (Å²) in [5.74, 6) is 1.87. The molecule has 1 aromatic carbocycles. The fourth-order valence-corrected chi connectivity index (χ4v) is 3.70. The molecule has 136 valence electrons. The molecule has 1 amide bonds. The van der Waals surface area contributed by atoms with Gasteiger partial charge in [0.25, 0.3) is 0 Å². The molecule has 2 fully saturated rings. The molecule has 0 N–H and O–H groups in total. The second kappa shape index (κ2) is 7.06. The Hall–Kier alpha value is -2.43. The molecule has 1 atom stereocenters. The maximum absolute atomic E-state index is 12.8. The monoisotopic (exact) mass is 350 g/mol. The van der Waals surface area contributed by atoms with E-state index in [0.29, 0.717) is 6.42 Å². The molecule has 0 unspecified atom stereocenters. The van der Waals surface area contributed by atoms with E-state index in [-0.39, 0.29) is 11.9 Å². The lowest BCUT2D eigenvalue weighted by Crippen LogP contribution is -2.54. The summed E-state index contributed by atoms with van der Waals surface area (Å²) in [6, 6.07) is 12.8. The molecule has 0 radical (unpaired) electrons. The summed E-state index contributed by atoms with van der Waals surface area (Å²) in [5, 5.41) is 8.41. The Bertz CT molecular complexity index is 768. The first-order chi connectivity index (χ1) is 12.6. The third-order valence-electron chi connectivity index (χ3n) is 5.44. The zero-order valence-corrected chi connectivity index (χ0v) is 15.6. The molecule has 1 aromatic heterocycles. The number of amides is 1. The van der Waals surface area contributed by atoms with Gasteiger partial charge in [-0.2, -0.15) is 5.10 Å². The highest BCUT2D eigenvalue weighted by atomic mass is 16.2. The minimum absolute atomic E-state index is 0.171. The SMILES string of the molecule is Cc1ccc(N2CCN(C(=O)Cc3ccc(C4CC4)cc3)[C@H](C)C2)nn1. The van der Waals surface area contributed by atoms with Gasteiger partial charge in [-0.25, -0.2) is 0 Å². The summed E-state index contributed by atoms with van der Waals surface area (Å²) in [6.07, 6.45) is 3.11. The van der Waals surface area contributed by atoms with E-state index in [0.717, 1.165) is 42.6 Å². The average Bonchev–Trinajstić information content (AvgIpc) is 3.48. The van der Waals surface area contributed by atoms with Crippen molar-refractivity contribution in [2.75, 3.05) is 24.5 Å². The quantitative estimate of drug-likeness (QED) is 0.851. The Morgan fingerprint density at radius 3 is 2.46 bits per heavy atom. The van der Waals surface area contributed by atoms with Gasteiger partial charge in [-0.3, -0.25) is 4.79 Å². The molecule has 1 saturated carbocycles. The minimum atomic E-state index is 0.171. The number of aromatic nitrogens is 2. The van der Waals surface area contributed by atoms with Crippen LogP contribution >= 0.6 is 0 Å². The van der Waals surface area contributed by atoms with Crippen LogP contribution in [0.1, 0.15) is 42.5 Å². The van der Waals surface area contributed by atoms with Crippen LogP contribution in [0.25, 0.3) is 0 Å². The summed E-state index contributed by atoms with van der Waals surface area (Å²) in [6.45, 7) is 6.38. The summed E-state index contributed by atoms with van der Waals surface area (Å²) in [7, 11) is 0. The van der Waals surface area contributed by atoms with Crippen molar-refractivity contribution in [1.82, 2.24) is 15.1 Å². The van der Waals surface area contributed by atoms with Crippen LogP contribution in [0.15, 0.2) is 36.4 Å².